The van der Waals surface area contributed by atoms with Gasteiger partial charge in [0.1, 0.15) is 17.8 Å². The van der Waals surface area contributed by atoms with E-state index in [9.17, 15) is 18.4 Å². The largest absolute Gasteiger partial charge is 0.369 e. The molecule has 2 aromatic heterocycles. The predicted molar refractivity (Wildman–Crippen MR) is 184 cm³/mol. The highest BCUT2D eigenvalue weighted by Crippen LogP contribution is 2.46. The van der Waals surface area contributed by atoms with Crippen molar-refractivity contribution in [1.29, 1.82) is 0 Å². The molecule has 1 aliphatic heterocycles. The fourth-order valence-electron chi connectivity index (χ4n) is 6.85. The number of alkyl halides is 2. The molecule has 0 unspecified atom stereocenters. The third-order valence-corrected chi connectivity index (χ3v) is 9.84. The molecule has 1 amide bonds. The number of hydrogen-bond acceptors (Lipinski definition) is 8. The zero-order valence-electron chi connectivity index (χ0n) is 28.3. The number of ketones is 1. The van der Waals surface area contributed by atoms with Crippen molar-refractivity contribution >= 4 is 29.3 Å². The van der Waals surface area contributed by atoms with E-state index in [2.05, 4.69) is 20.3 Å². The van der Waals surface area contributed by atoms with E-state index >= 15 is 0 Å². The van der Waals surface area contributed by atoms with Crippen molar-refractivity contribution in [2.75, 3.05) is 0 Å². The quantitative estimate of drug-likeness (QED) is 0.156. The van der Waals surface area contributed by atoms with Crippen LogP contribution in [0.2, 0.25) is 5.02 Å². The number of carbonyl (C=O) groups excluding carboxylic acids is 2. The highest BCUT2D eigenvalue weighted by Gasteiger charge is 2.53. The fourth-order valence-corrected chi connectivity index (χ4v) is 7.05. The lowest BCUT2D eigenvalue weighted by molar-refractivity contribution is -0.135. The molecule has 7 rings (SSSR count). The van der Waals surface area contributed by atoms with E-state index in [-0.39, 0.29) is 46.6 Å². The van der Waals surface area contributed by atoms with Crippen molar-refractivity contribution in [2.45, 2.75) is 96.2 Å². The van der Waals surface area contributed by atoms with Gasteiger partial charge in [-0.1, -0.05) is 62.7 Å². The van der Waals surface area contributed by atoms with Crippen LogP contribution in [0.15, 0.2) is 60.0 Å². The van der Waals surface area contributed by atoms with Crippen molar-refractivity contribution < 1.29 is 18.4 Å². The molecule has 2 fully saturated rings. The van der Waals surface area contributed by atoms with Crippen LogP contribution >= 0.6 is 11.6 Å². The summed E-state index contributed by atoms with van der Waals surface area (Å²) in [4.78, 5) is 39.9. The van der Waals surface area contributed by atoms with Crippen LogP contribution in [0.4, 0.5) is 8.78 Å². The Morgan fingerprint density at radius 2 is 1.82 bits per heavy atom. The molecule has 0 bridgehead atoms. The molecule has 50 heavy (non-hydrogen) atoms. The van der Waals surface area contributed by atoms with Gasteiger partial charge in [-0.15, -0.1) is 0 Å². The van der Waals surface area contributed by atoms with Gasteiger partial charge in [-0.05, 0) is 73.1 Å². The molecule has 4 aromatic rings. The smallest absolute Gasteiger partial charge is 0.297 e. The number of guanidine groups is 1. The summed E-state index contributed by atoms with van der Waals surface area (Å²) in [5.74, 6) is -0.381. The van der Waals surface area contributed by atoms with Gasteiger partial charge in [0, 0.05) is 18.4 Å². The van der Waals surface area contributed by atoms with Gasteiger partial charge in [-0.25, -0.2) is 23.4 Å². The van der Waals surface area contributed by atoms with Crippen LogP contribution in [0.25, 0.3) is 16.9 Å². The molecule has 2 saturated carbocycles. The number of rotatable bonds is 13. The SMILES string of the molecule is CC(C)(C)C[C@]1(c2ccc(-c3cnn(C4CC4)n3)cc2)N=C(N)N([C@H](CCC(=O)CC2CC2)c2ccc(Cl)c(-n3ncnc3C(F)F)c2)C1=O. The molecule has 3 heterocycles. The number of carbonyl (C=O) groups is 2. The Bertz CT molecular complexity index is 1940. The minimum Gasteiger partial charge on any atom is -0.369 e. The first-order valence-corrected chi connectivity index (χ1v) is 17.4. The summed E-state index contributed by atoms with van der Waals surface area (Å²) >= 11 is 6.53. The maximum Gasteiger partial charge on any atom is 0.297 e. The molecule has 3 aliphatic rings. The van der Waals surface area contributed by atoms with Gasteiger partial charge in [-0.3, -0.25) is 14.5 Å². The number of nitrogens with zero attached hydrogens (tertiary/aromatic N) is 8. The second-order valence-electron chi connectivity index (χ2n) is 14.9. The monoisotopic (exact) mass is 703 g/mol. The summed E-state index contributed by atoms with van der Waals surface area (Å²) in [6, 6.07) is 12.1. The third-order valence-electron chi connectivity index (χ3n) is 9.53. The van der Waals surface area contributed by atoms with Crippen LogP contribution < -0.4 is 5.73 Å². The van der Waals surface area contributed by atoms with Gasteiger partial charge in [0.05, 0.1) is 29.0 Å². The van der Waals surface area contributed by atoms with Gasteiger partial charge < -0.3 is 5.73 Å². The van der Waals surface area contributed by atoms with Crippen LogP contribution in [0.3, 0.4) is 0 Å². The van der Waals surface area contributed by atoms with Crippen LogP contribution in [0.1, 0.15) is 108 Å². The zero-order valence-corrected chi connectivity index (χ0v) is 29.0. The molecule has 262 valence electrons. The normalized spacial score (nSPS) is 20.1. The lowest BCUT2D eigenvalue weighted by Crippen LogP contribution is -2.46. The molecule has 2 atom stereocenters. The minimum absolute atomic E-state index is 0.0147. The van der Waals surface area contributed by atoms with Gasteiger partial charge in [0.25, 0.3) is 12.3 Å². The number of hydrogen-bond donors (Lipinski definition) is 1. The molecule has 11 nitrogen and oxygen atoms in total. The third kappa shape index (κ3) is 6.79. The highest BCUT2D eigenvalue weighted by atomic mass is 35.5. The molecular weight excluding hydrogens is 664 g/mol. The molecule has 14 heteroatoms. The van der Waals surface area contributed by atoms with Crippen LogP contribution in [0, 0.1) is 11.3 Å². The highest BCUT2D eigenvalue weighted by molar-refractivity contribution is 6.32. The molecule has 2 N–H and O–H groups in total. The van der Waals surface area contributed by atoms with Gasteiger partial charge in [0.15, 0.2) is 17.3 Å². The second-order valence-corrected chi connectivity index (χ2v) is 15.3. The van der Waals surface area contributed by atoms with Crippen LogP contribution in [0.5, 0.6) is 0 Å². The number of nitrogens with two attached hydrogens (primary N) is 1. The zero-order chi connectivity index (χ0) is 35.4. The van der Waals surface area contributed by atoms with Crippen molar-refractivity contribution in [3.8, 4) is 16.9 Å². The Labute approximate surface area is 293 Å². The Kier molecular flexibility index (Phi) is 8.82. The number of halogens is 3. The summed E-state index contributed by atoms with van der Waals surface area (Å²) in [6.07, 6.45) is 5.39. The number of amides is 1. The van der Waals surface area contributed by atoms with E-state index < -0.39 is 23.8 Å². The van der Waals surface area contributed by atoms with Crippen molar-refractivity contribution in [1.82, 2.24) is 34.7 Å². The lowest BCUT2D eigenvalue weighted by atomic mass is 9.75. The average molecular weight is 704 g/mol. The Hall–Kier alpha value is -4.52. The maximum absolute atomic E-state index is 15.0. The minimum atomic E-state index is -2.90. The summed E-state index contributed by atoms with van der Waals surface area (Å²) in [6.45, 7) is 6.12. The fraction of sp³-hybridized carbons (Fsp3) is 0.472. The molecule has 2 aromatic carbocycles. The molecule has 0 saturated heterocycles. The summed E-state index contributed by atoms with van der Waals surface area (Å²) in [5, 5.41) is 13.2. The number of aromatic nitrogens is 6. The standard InChI is InChI=1S/C36H40ClF2N9O2/c1-35(2,3)19-36(24-9-6-22(7-10-24)28-18-42-48(45-28)25-11-12-25)33(50)46(34(40)44-36)29(15-13-26(49)16-21-4-5-21)23-8-14-27(37)30(17-23)47-32(31(38)39)41-20-43-47/h6-10,14,17-18,20-21,25,29,31H,4-5,11-13,15-16,19H2,1-3H3,(H2,40,44)/t29-,36-/m1/s1. The van der Waals surface area contributed by atoms with E-state index in [1.807, 2.05) is 45.0 Å². The average Bonchev–Trinajstić information content (AvgIpc) is 3.96. The Morgan fingerprint density at radius 3 is 2.48 bits per heavy atom. The molecule has 0 radical (unpaired) electrons. The van der Waals surface area contributed by atoms with Gasteiger partial charge >= 0.3 is 0 Å². The second kappa shape index (κ2) is 13.0. The van der Waals surface area contributed by atoms with E-state index in [0.29, 0.717) is 35.9 Å². The molecular formula is C36H40ClF2N9O2. The maximum atomic E-state index is 15.0. The lowest BCUT2D eigenvalue weighted by Gasteiger charge is -2.35. The Balaban J connectivity index is 1.26. The number of Topliss-reactive ketones (excluding diaryl/α,β-unsaturated/α-hetero) is 1. The summed E-state index contributed by atoms with van der Waals surface area (Å²) < 4.78 is 28.7. The predicted octanol–water partition coefficient (Wildman–Crippen LogP) is 7.13. The first-order chi connectivity index (χ1) is 23.8. The summed E-state index contributed by atoms with van der Waals surface area (Å²) in [7, 11) is 0. The van der Waals surface area contributed by atoms with Crippen molar-refractivity contribution in [3.05, 3.63) is 77.0 Å². The van der Waals surface area contributed by atoms with Gasteiger partial charge in [-0.2, -0.15) is 20.1 Å². The van der Waals surface area contributed by atoms with E-state index in [1.165, 1.54) is 4.90 Å². The van der Waals surface area contributed by atoms with Crippen LogP contribution in [-0.4, -0.2) is 52.3 Å². The Morgan fingerprint density at radius 1 is 1.08 bits per heavy atom. The number of aliphatic imine (C=N–C) groups is 1. The summed E-state index contributed by atoms with van der Waals surface area (Å²) in [5.41, 5.74) is 8.02. The number of benzene rings is 2. The van der Waals surface area contributed by atoms with E-state index in [4.69, 9.17) is 22.3 Å². The van der Waals surface area contributed by atoms with Crippen molar-refractivity contribution in [2.24, 2.45) is 22.1 Å². The first-order valence-electron chi connectivity index (χ1n) is 17.0. The van der Waals surface area contributed by atoms with E-state index in [1.54, 1.807) is 29.2 Å². The van der Waals surface area contributed by atoms with Crippen LogP contribution in [-0.2, 0) is 15.1 Å². The van der Waals surface area contributed by atoms with Gasteiger partial charge in [0.2, 0.25) is 0 Å². The van der Waals surface area contributed by atoms with E-state index in [0.717, 1.165) is 47.9 Å². The topological polar surface area (TPSA) is 137 Å². The van der Waals surface area contributed by atoms with Crippen molar-refractivity contribution in [3.63, 3.8) is 0 Å². The first kappa shape index (κ1) is 34.0. The molecule has 0 spiro atoms. The molecule has 2 aliphatic carbocycles.